The normalized spacial score (nSPS) is 16.6. The number of imidazole rings is 1. The molecule has 1 fully saturated rings. The summed E-state index contributed by atoms with van der Waals surface area (Å²) < 4.78 is 14.2. The van der Waals surface area contributed by atoms with E-state index in [0.717, 1.165) is 28.5 Å². The number of hydrogen-bond acceptors (Lipinski definition) is 3. The molecule has 31 heavy (non-hydrogen) atoms. The fraction of sp³-hybridized carbons (Fsp3) is 0.333. The number of amides is 1. The van der Waals surface area contributed by atoms with Crippen LogP contribution < -0.4 is 9.80 Å². The molecule has 0 aliphatic carbocycles. The zero-order valence-electron chi connectivity index (χ0n) is 17.4. The Kier molecular flexibility index (Phi) is 5.18. The maximum atomic E-state index is 14.2. The van der Waals surface area contributed by atoms with Crippen molar-refractivity contribution in [2.24, 2.45) is 5.92 Å². The molecule has 0 atom stereocenters. The molecule has 2 aromatic carbocycles. The van der Waals surface area contributed by atoms with Crippen LogP contribution >= 0.6 is 11.6 Å². The highest BCUT2D eigenvalue weighted by Gasteiger charge is 2.33. The molecule has 5 nitrogen and oxygen atoms in total. The summed E-state index contributed by atoms with van der Waals surface area (Å²) in [5.74, 6) is 0.682. The summed E-state index contributed by atoms with van der Waals surface area (Å²) in [7, 11) is 0. The number of carbonyl (C=O) groups is 1. The Morgan fingerprint density at radius 2 is 1.90 bits per heavy atom. The van der Waals surface area contributed by atoms with Gasteiger partial charge in [0.2, 0.25) is 5.91 Å². The van der Waals surface area contributed by atoms with Crippen LogP contribution in [0.2, 0.25) is 5.02 Å². The molecule has 1 amide bonds. The zero-order chi connectivity index (χ0) is 21.5. The third kappa shape index (κ3) is 3.69. The topological polar surface area (TPSA) is 52.2 Å². The van der Waals surface area contributed by atoms with Crippen LogP contribution in [0.25, 0.3) is 11.3 Å². The Morgan fingerprint density at radius 1 is 1.13 bits per heavy atom. The lowest BCUT2D eigenvalue weighted by atomic mass is 9.94. The summed E-state index contributed by atoms with van der Waals surface area (Å²) >= 11 is 6.29. The van der Waals surface area contributed by atoms with Crippen molar-refractivity contribution < 1.29 is 9.18 Å². The number of piperidine rings is 1. The Hall–Kier alpha value is -2.86. The summed E-state index contributed by atoms with van der Waals surface area (Å²) in [6.45, 7) is 3.85. The monoisotopic (exact) mass is 438 g/mol. The molecule has 3 heterocycles. The van der Waals surface area contributed by atoms with E-state index in [0.29, 0.717) is 49.6 Å². The Bertz CT molecular complexity index is 1140. The predicted molar refractivity (Wildman–Crippen MR) is 121 cm³/mol. The largest absolute Gasteiger partial charge is 0.369 e. The first-order valence-electron chi connectivity index (χ1n) is 10.7. The van der Waals surface area contributed by atoms with Gasteiger partial charge in [-0.25, -0.2) is 9.37 Å². The van der Waals surface area contributed by atoms with Gasteiger partial charge in [-0.05, 0) is 50.1 Å². The van der Waals surface area contributed by atoms with E-state index in [1.54, 1.807) is 12.1 Å². The number of benzene rings is 2. The van der Waals surface area contributed by atoms with Crippen molar-refractivity contribution in [3.8, 4) is 11.3 Å². The van der Waals surface area contributed by atoms with E-state index in [1.165, 1.54) is 6.07 Å². The molecule has 0 spiro atoms. The number of aryl methyl sites for hydroxylation is 1. The second-order valence-electron chi connectivity index (χ2n) is 8.26. The van der Waals surface area contributed by atoms with Gasteiger partial charge in [0.25, 0.3) is 0 Å². The van der Waals surface area contributed by atoms with Gasteiger partial charge in [-0.15, -0.1) is 0 Å². The quantitative estimate of drug-likeness (QED) is 0.613. The Morgan fingerprint density at radius 3 is 2.68 bits per heavy atom. The van der Waals surface area contributed by atoms with E-state index < -0.39 is 0 Å². The van der Waals surface area contributed by atoms with Gasteiger partial charge in [0, 0.05) is 42.6 Å². The number of aromatic amines is 1. The van der Waals surface area contributed by atoms with Crippen LogP contribution in [0.1, 0.15) is 24.4 Å². The lowest BCUT2D eigenvalue weighted by Crippen LogP contribution is -2.43. The summed E-state index contributed by atoms with van der Waals surface area (Å²) in [4.78, 5) is 25.5. The molecular formula is C24H24ClFN4O. The van der Waals surface area contributed by atoms with Crippen molar-refractivity contribution in [3.63, 3.8) is 0 Å². The van der Waals surface area contributed by atoms with Crippen molar-refractivity contribution in [3.05, 3.63) is 64.8 Å². The lowest BCUT2D eigenvalue weighted by molar-refractivity contribution is -0.123. The number of carbonyl (C=O) groups excluding carboxylic acids is 1. The summed E-state index contributed by atoms with van der Waals surface area (Å²) in [5, 5.41) is 0.629. The van der Waals surface area contributed by atoms with Crippen molar-refractivity contribution >= 4 is 28.9 Å². The second kappa shape index (κ2) is 8.00. The van der Waals surface area contributed by atoms with Crippen molar-refractivity contribution in [1.29, 1.82) is 0 Å². The van der Waals surface area contributed by atoms with Crippen molar-refractivity contribution in [1.82, 2.24) is 9.97 Å². The summed E-state index contributed by atoms with van der Waals surface area (Å²) in [5.41, 5.74) is 4.31. The first-order chi connectivity index (χ1) is 15.0. The third-order valence-corrected chi connectivity index (χ3v) is 6.53. The van der Waals surface area contributed by atoms with Crippen LogP contribution in [0.4, 0.5) is 15.8 Å². The van der Waals surface area contributed by atoms with Crippen molar-refractivity contribution in [2.75, 3.05) is 29.4 Å². The van der Waals surface area contributed by atoms with Crippen molar-refractivity contribution in [2.45, 2.75) is 26.2 Å². The first-order valence-corrected chi connectivity index (χ1v) is 11.1. The standard InChI is InChI=1S/C24H24ClFN4O/c1-15-27-20-10-13-30(21-7-6-17(25)14-18(21)23(20)28-15)24(31)16-8-11-29(12-9-16)22-5-3-2-4-19(22)26/h2-7,14,16H,8-13H2,1H3,(H,27,28). The number of anilines is 2. The summed E-state index contributed by atoms with van der Waals surface area (Å²) in [6.07, 6.45) is 2.09. The number of hydrogen-bond donors (Lipinski definition) is 1. The molecule has 0 unspecified atom stereocenters. The van der Waals surface area contributed by atoms with E-state index in [1.807, 2.05) is 41.0 Å². The van der Waals surface area contributed by atoms with Gasteiger partial charge >= 0.3 is 0 Å². The average Bonchev–Trinajstić information content (AvgIpc) is 3.08. The SMILES string of the molecule is Cc1nc2c([nH]1)-c1cc(Cl)ccc1N(C(=O)C1CCN(c3ccccc3F)CC1)CC2. The molecule has 5 rings (SSSR count). The number of para-hydroxylation sites is 1. The van der Waals surface area contributed by atoms with Crippen LogP contribution in [0.5, 0.6) is 0 Å². The van der Waals surface area contributed by atoms with Gasteiger partial charge in [0.15, 0.2) is 0 Å². The van der Waals surface area contributed by atoms with Gasteiger partial charge in [-0.1, -0.05) is 23.7 Å². The number of aromatic nitrogens is 2. The molecule has 7 heteroatoms. The molecule has 1 N–H and O–H groups in total. The number of fused-ring (bicyclic) bond motifs is 3. The van der Waals surface area contributed by atoms with Crippen LogP contribution in [-0.2, 0) is 11.2 Å². The molecule has 0 radical (unpaired) electrons. The summed E-state index contributed by atoms with van der Waals surface area (Å²) in [6, 6.07) is 12.5. The molecule has 1 saturated heterocycles. The number of H-pyrrole nitrogens is 1. The molecule has 160 valence electrons. The minimum absolute atomic E-state index is 0.0855. The highest BCUT2D eigenvalue weighted by atomic mass is 35.5. The number of rotatable bonds is 2. The molecule has 2 aliphatic heterocycles. The highest BCUT2D eigenvalue weighted by molar-refractivity contribution is 6.31. The molecule has 1 aromatic heterocycles. The van der Waals surface area contributed by atoms with E-state index in [9.17, 15) is 9.18 Å². The third-order valence-electron chi connectivity index (χ3n) is 6.29. The van der Waals surface area contributed by atoms with Gasteiger partial charge in [-0.2, -0.15) is 0 Å². The van der Waals surface area contributed by atoms with Crippen LogP contribution in [-0.4, -0.2) is 35.5 Å². The fourth-order valence-corrected chi connectivity index (χ4v) is 4.92. The van der Waals surface area contributed by atoms with Gasteiger partial charge in [0.05, 0.1) is 22.8 Å². The molecule has 0 bridgehead atoms. The Labute approximate surface area is 185 Å². The maximum absolute atomic E-state index is 14.2. The van der Waals surface area contributed by atoms with Crippen LogP contribution in [0, 0.1) is 18.7 Å². The molecule has 2 aliphatic rings. The molecule has 0 saturated carbocycles. The number of nitrogens with one attached hydrogen (secondary N) is 1. The van der Waals surface area contributed by atoms with Crippen LogP contribution in [0.15, 0.2) is 42.5 Å². The van der Waals surface area contributed by atoms with E-state index >= 15 is 0 Å². The second-order valence-corrected chi connectivity index (χ2v) is 8.69. The fourth-order valence-electron chi connectivity index (χ4n) is 4.75. The molecule has 3 aromatic rings. The average molecular weight is 439 g/mol. The van der Waals surface area contributed by atoms with Gasteiger partial charge in [-0.3, -0.25) is 4.79 Å². The first kappa shape index (κ1) is 20.1. The van der Waals surface area contributed by atoms with Crippen LogP contribution in [0.3, 0.4) is 0 Å². The number of nitrogens with zero attached hydrogens (tertiary/aromatic N) is 3. The highest BCUT2D eigenvalue weighted by Crippen LogP contribution is 2.38. The Balaban J connectivity index is 1.38. The predicted octanol–water partition coefficient (Wildman–Crippen LogP) is 4.98. The van der Waals surface area contributed by atoms with E-state index in [4.69, 9.17) is 11.6 Å². The maximum Gasteiger partial charge on any atom is 0.230 e. The van der Waals surface area contributed by atoms with E-state index in [-0.39, 0.29) is 17.6 Å². The van der Waals surface area contributed by atoms with Gasteiger partial charge in [0.1, 0.15) is 11.6 Å². The minimum atomic E-state index is -0.213. The van der Waals surface area contributed by atoms with E-state index in [2.05, 4.69) is 9.97 Å². The number of halogens is 2. The lowest BCUT2D eigenvalue weighted by Gasteiger charge is -2.35. The minimum Gasteiger partial charge on any atom is -0.369 e. The molecular weight excluding hydrogens is 415 g/mol. The smallest absolute Gasteiger partial charge is 0.230 e. The zero-order valence-corrected chi connectivity index (χ0v) is 18.1. The van der Waals surface area contributed by atoms with Gasteiger partial charge < -0.3 is 14.8 Å².